The fraction of sp³-hybridized carbons (Fsp3) is 0. The van der Waals surface area contributed by atoms with Gasteiger partial charge in [0.2, 0.25) is 0 Å². The van der Waals surface area contributed by atoms with Crippen LogP contribution >= 0.6 is 22.6 Å². The topological polar surface area (TPSA) is 50.7 Å². The van der Waals surface area contributed by atoms with Crippen molar-refractivity contribution >= 4 is 28.3 Å². The van der Waals surface area contributed by atoms with Crippen LogP contribution in [0.4, 0.5) is 5.69 Å². The van der Waals surface area contributed by atoms with Gasteiger partial charge < -0.3 is 5.84 Å². The Morgan fingerprint density at radius 1 is 1.30 bits per heavy atom. The highest BCUT2D eigenvalue weighted by Crippen LogP contribution is 2.19. The first-order valence-electron chi connectivity index (χ1n) is 2.70. The summed E-state index contributed by atoms with van der Waals surface area (Å²) in [6.07, 6.45) is 0. The van der Waals surface area contributed by atoms with Crippen LogP contribution in [0.15, 0.2) is 34.6 Å². The molecule has 1 aromatic carbocycles. The van der Waals surface area contributed by atoms with E-state index >= 15 is 0 Å². The van der Waals surface area contributed by atoms with Crippen LogP contribution in [0.25, 0.3) is 0 Å². The van der Waals surface area contributed by atoms with Crippen molar-refractivity contribution in [2.45, 2.75) is 0 Å². The summed E-state index contributed by atoms with van der Waals surface area (Å²) in [5, 5.41) is 6.89. The van der Waals surface area contributed by atoms with E-state index in [0.29, 0.717) is 0 Å². The summed E-state index contributed by atoms with van der Waals surface area (Å²) in [5.74, 6) is 4.88. The predicted molar refractivity (Wildman–Crippen MR) is 47.9 cm³/mol. The lowest BCUT2D eigenvalue weighted by Crippen LogP contribution is -1.75. The van der Waals surface area contributed by atoms with Gasteiger partial charge in [0.1, 0.15) is 5.69 Å². The second kappa shape index (κ2) is 3.50. The van der Waals surface area contributed by atoms with E-state index in [4.69, 9.17) is 5.84 Å². The van der Waals surface area contributed by atoms with Gasteiger partial charge in [-0.2, -0.15) is 0 Å². The Bertz CT molecular complexity index is 247. The number of rotatable bonds is 1. The maximum atomic E-state index is 4.88. The van der Waals surface area contributed by atoms with Crippen LogP contribution < -0.4 is 5.84 Å². The summed E-state index contributed by atoms with van der Waals surface area (Å²) < 4.78 is 1.05. The molecule has 1 rings (SSSR count). The summed E-state index contributed by atoms with van der Waals surface area (Å²) in [7, 11) is 0. The van der Waals surface area contributed by atoms with E-state index in [0.717, 1.165) is 9.26 Å². The summed E-state index contributed by atoms with van der Waals surface area (Å²) in [5.41, 5.74) is 0.811. The zero-order valence-electron chi connectivity index (χ0n) is 5.16. The van der Waals surface area contributed by atoms with Crippen molar-refractivity contribution in [3.63, 3.8) is 0 Å². The lowest BCUT2D eigenvalue weighted by molar-refractivity contribution is 1.06. The number of nitrogens with zero attached hydrogens (tertiary/aromatic N) is 2. The average Bonchev–Trinajstić information content (AvgIpc) is 1.94. The Labute approximate surface area is 72.5 Å². The molecule has 0 atom stereocenters. The highest BCUT2D eigenvalue weighted by molar-refractivity contribution is 14.1. The maximum Gasteiger partial charge on any atom is 0.101 e. The number of halogens is 1. The molecule has 2 N–H and O–H groups in total. The minimum Gasteiger partial charge on any atom is -0.305 e. The minimum absolute atomic E-state index is 0.811. The molecule has 52 valence electrons. The van der Waals surface area contributed by atoms with Gasteiger partial charge >= 0.3 is 0 Å². The summed E-state index contributed by atoms with van der Waals surface area (Å²) in [4.78, 5) is 0. The molecule has 0 saturated heterocycles. The normalized spacial score (nSPS) is 10.5. The van der Waals surface area contributed by atoms with E-state index in [1.807, 2.05) is 24.3 Å². The number of benzene rings is 1. The summed E-state index contributed by atoms with van der Waals surface area (Å²) in [6.45, 7) is 0. The second-order valence-electron chi connectivity index (χ2n) is 1.67. The van der Waals surface area contributed by atoms with Crippen molar-refractivity contribution in [2.75, 3.05) is 0 Å². The molecule has 4 heteroatoms. The molecule has 0 radical (unpaired) electrons. The zero-order valence-corrected chi connectivity index (χ0v) is 7.32. The third-order valence-corrected chi connectivity index (χ3v) is 1.93. The highest BCUT2D eigenvalue weighted by atomic mass is 127. The van der Waals surface area contributed by atoms with Gasteiger partial charge in [-0.15, -0.1) is 5.11 Å². The number of hydrogen-bond acceptors (Lipinski definition) is 2. The van der Waals surface area contributed by atoms with E-state index in [1.54, 1.807) is 0 Å². The molecule has 0 aliphatic carbocycles. The van der Waals surface area contributed by atoms with Crippen molar-refractivity contribution < 1.29 is 0 Å². The van der Waals surface area contributed by atoms with E-state index < -0.39 is 0 Å². The van der Waals surface area contributed by atoms with Crippen molar-refractivity contribution in [2.24, 2.45) is 16.2 Å². The lowest BCUT2D eigenvalue weighted by Gasteiger charge is -1.92. The first-order valence-corrected chi connectivity index (χ1v) is 3.78. The van der Waals surface area contributed by atoms with E-state index in [9.17, 15) is 0 Å². The smallest absolute Gasteiger partial charge is 0.101 e. The van der Waals surface area contributed by atoms with Crippen LogP contribution in [0.2, 0.25) is 0 Å². The largest absolute Gasteiger partial charge is 0.305 e. The van der Waals surface area contributed by atoms with Gasteiger partial charge in [-0.05, 0) is 34.7 Å². The Morgan fingerprint density at radius 2 is 2.00 bits per heavy atom. The Kier molecular flexibility index (Phi) is 2.61. The Balaban J connectivity index is 3.03. The standard InChI is InChI=1S/C6H6IN3/c7-5-3-1-2-4-6(5)9-10-8/h1-4H,(H2,8,9). The molecular weight excluding hydrogens is 241 g/mol. The molecule has 0 aromatic heterocycles. The highest BCUT2D eigenvalue weighted by Gasteiger charge is 1.92. The molecule has 0 saturated carbocycles. The molecule has 0 fully saturated rings. The van der Waals surface area contributed by atoms with Crippen LogP contribution in [-0.2, 0) is 0 Å². The average molecular weight is 247 g/mol. The molecule has 0 bridgehead atoms. The number of nitrogens with two attached hydrogens (primary N) is 1. The Morgan fingerprint density at radius 3 is 2.60 bits per heavy atom. The van der Waals surface area contributed by atoms with E-state index in [1.165, 1.54) is 0 Å². The van der Waals surface area contributed by atoms with Crippen LogP contribution in [0.5, 0.6) is 0 Å². The van der Waals surface area contributed by atoms with Crippen LogP contribution in [0.3, 0.4) is 0 Å². The monoisotopic (exact) mass is 247 g/mol. The first kappa shape index (κ1) is 7.46. The van der Waals surface area contributed by atoms with E-state index in [-0.39, 0.29) is 0 Å². The van der Waals surface area contributed by atoms with Crippen LogP contribution in [0.1, 0.15) is 0 Å². The third kappa shape index (κ3) is 1.66. The van der Waals surface area contributed by atoms with Gasteiger partial charge in [0.15, 0.2) is 0 Å². The van der Waals surface area contributed by atoms with Crippen LogP contribution in [0, 0.1) is 3.57 Å². The van der Waals surface area contributed by atoms with Gasteiger partial charge in [-0.3, -0.25) is 0 Å². The number of hydrogen-bond donors (Lipinski definition) is 1. The lowest BCUT2D eigenvalue weighted by atomic mass is 10.3. The molecule has 0 aliphatic rings. The summed E-state index contributed by atoms with van der Waals surface area (Å²) in [6, 6.07) is 7.65. The minimum atomic E-state index is 0.811. The third-order valence-electron chi connectivity index (χ3n) is 1.02. The molecule has 0 unspecified atom stereocenters. The van der Waals surface area contributed by atoms with Crippen molar-refractivity contribution in [3.05, 3.63) is 27.8 Å². The molecule has 0 heterocycles. The van der Waals surface area contributed by atoms with Crippen molar-refractivity contribution in [3.8, 4) is 0 Å². The quantitative estimate of drug-likeness (QED) is 0.352. The molecular formula is C6H6IN3. The van der Waals surface area contributed by atoms with Crippen LogP contribution in [-0.4, -0.2) is 0 Å². The second-order valence-corrected chi connectivity index (χ2v) is 2.83. The fourth-order valence-electron chi connectivity index (χ4n) is 0.595. The van der Waals surface area contributed by atoms with Gasteiger partial charge in [-0.1, -0.05) is 17.4 Å². The summed E-state index contributed by atoms with van der Waals surface area (Å²) >= 11 is 2.17. The SMILES string of the molecule is N/N=N\c1ccccc1I. The molecule has 0 aliphatic heterocycles. The molecule has 10 heavy (non-hydrogen) atoms. The first-order chi connectivity index (χ1) is 4.84. The Hall–Kier alpha value is -0.650. The zero-order chi connectivity index (χ0) is 7.40. The fourth-order valence-corrected chi connectivity index (χ4v) is 1.09. The molecule has 3 nitrogen and oxygen atoms in total. The van der Waals surface area contributed by atoms with Gasteiger partial charge in [0.05, 0.1) is 0 Å². The molecule has 1 aromatic rings. The molecule has 0 amide bonds. The van der Waals surface area contributed by atoms with Gasteiger partial charge in [0, 0.05) is 3.57 Å². The molecule has 0 spiro atoms. The van der Waals surface area contributed by atoms with Gasteiger partial charge in [0.25, 0.3) is 0 Å². The predicted octanol–water partition coefficient (Wildman–Crippen LogP) is 2.25. The van der Waals surface area contributed by atoms with Gasteiger partial charge in [-0.25, -0.2) is 0 Å². The van der Waals surface area contributed by atoms with Crippen molar-refractivity contribution in [1.29, 1.82) is 0 Å². The van der Waals surface area contributed by atoms with E-state index in [2.05, 4.69) is 32.9 Å². The maximum absolute atomic E-state index is 4.88. The van der Waals surface area contributed by atoms with Crippen molar-refractivity contribution in [1.82, 2.24) is 0 Å².